The zero-order valence-electron chi connectivity index (χ0n) is 9.10. The minimum Gasteiger partial charge on any atom is -0.393 e. The third-order valence-electron chi connectivity index (χ3n) is 3.32. The Balaban J connectivity index is 1.97. The predicted octanol–water partition coefficient (Wildman–Crippen LogP) is 2.57. The van der Waals surface area contributed by atoms with Gasteiger partial charge in [-0.2, -0.15) is 0 Å². The van der Waals surface area contributed by atoms with Gasteiger partial charge < -0.3 is 5.11 Å². The summed E-state index contributed by atoms with van der Waals surface area (Å²) in [5, 5.41) is 9.98. The molecular formula is C13H19NO. The SMILES string of the molecule is OC1CCCCCC1Cc1ccccn1. The van der Waals surface area contributed by atoms with E-state index >= 15 is 0 Å². The molecule has 82 valence electrons. The second kappa shape index (κ2) is 5.26. The van der Waals surface area contributed by atoms with Crippen molar-refractivity contribution in [1.82, 2.24) is 4.98 Å². The average Bonchev–Trinajstić information content (AvgIpc) is 2.46. The molecule has 1 aromatic rings. The molecule has 1 N–H and O–H groups in total. The van der Waals surface area contributed by atoms with Gasteiger partial charge in [0.25, 0.3) is 0 Å². The van der Waals surface area contributed by atoms with Crippen molar-refractivity contribution in [3.63, 3.8) is 0 Å². The van der Waals surface area contributed by atoms with Crippen molar-refractivity contribution < 1.29 is 5.11 Å². The molecule has 2 unspecified atom stereocenters. The molecule has 1 fully saturated rings. The van der Waals surface area contributed by atoms with Gasteiger partial charge in [0.1, 0.15) is 0 Å². The van der Waals surface area contributed by atoms with Gasteiger partial charge in [0.15, 0.2) is 0 Å². The molecule has 1 heterocycles. The number of rotatable bonds is 2. The Kier molecular flexibility index (Phi) is 3.73. The molecule has 0 aromatic carbocycles. The summed E-state index contributed by atoms with van der Waals surface area (Å²) in [7, 11) is 0. The second-order valence-electron chi connectivity index (χ2n) is 4.49. The largest absolute Gasteiger partial charge is 0.393 e. The van der Waals surface area contributed by atoms with Gasteiger partial charge in [0, 0.05) is 11.9 Å². The topological polar surface area (TPSA) is 33.1 Å². The van der Waals surface area contributed by atoms with E-state index in [1.165, 1.54) is 19.3 Å². The van der Waals surface area contributed by atoms with Crippen LogP contribution in [0.15, 0.2) is 24.4 Å². The Morgan fingerprint density at radius 2 is 2.07 bits per heavy atom. The van der Waals surface area contributed by atoms with Crippen LogP contribution in [0.25, 0.3) is 0 Å². The van der Waals surface area contributed by atoms with Crippen LogP contribution in [-0.2, 0) is 6.42 Å². The van der Waals surface area contributed by atoms with Crippen molar-refractivity contribution in [2.75, 3.05) is 0 Å². The van der Waals surface area contributed by atoms with Crippen LogP contribution in [0.4, 0.5) is 0 Å². The van der Waals surface area contributed by atoms with Crippen LogP contribution in [0.2, 0.25) is 0 Å². The minimum absolute atomic E-state index is 0.116. The van der Waals surface area contributed by atoms with E-state index in [0.717, 1.165) is 25.0 Å². The smallest absolute Gasteiger partial charge is 0.0572 e. The van der Waals surface area contributed by atoms with Gasteiger partial charge in [-0.15, -0.1) is 0 Å². The lowest BCUT2D eigenvalue weighted by Crippen LogP contribution is -2.21. The molecule has 0 radical (unpaired) electrons. The lowest BCUT2D eigenvalue weighted by molar-refractivity contribution is 0.100. The number of hydrogen-bond donors (Lipinski definition) is 1. The first kappa shape index (κ1) is 10.6. The van der Waals surface area contributed by atoms with E-state index in [9.17, 15) is 5.11 Å². The number of aliphatic hydroxyl groups excluding tert-OH is 1. The third-order valence-corrected chi connectivity index (χ3v) is 3.32. The van der Waals surface area contributed by atoms with Crippen LogP contribution in [0.5, 0.6) is 0 Å². The predicted molar refractivity (Wildman–Crippen MR) is 60.5 cm³/mol. The summed E-state index contributed by atoms with van der Waals surface area (Å²) in [6.07, 6.45) is 8.48. The van der Waals surface area contributed by atoms with Gasteiger partial charge >= 0.3 is 0 Å². The Morgan fingerprint density at radius 1 is 1.20 bits per heavy atom. The van der Waals surface area contributed by atoms with Gasteiger partial charge in [-0.3, -0.25) is 4.98 Å². The maximum Gasteiger partial charge on any atom is 0.0572 e. The van der Waals surface area contributed by atoms with Crippen molar-refractivity contribution in [1.29, 1.82) is 0 Å². The zero-order valence-corrected chi connectivity index (χ0v) is 9.10. The fourth-order valence-corrected chi connectivity index (χ4v) is 2.39. The van der Waals surface area contributed by atoms with E-state index in [1.807, 2.05) is 18.3 Å². The Bertz CT molecular complexity index is 286. The molecule has 2 atom stereocenters. The van der Waals surface area contributed by atoms with Gasteiger partial charge in [-0.25, -0.2) is 0 Å². The summed E-state index contributed by atoms with van der Waals surface area (Å²) in [6.45, 7) is 0. The van der Waals surface area contributed by atoms with E-state index in [-0.39, 0.29) is 6.10 Å². The maximum absolute atomic E-state index is 9.98. The normalized spacial score (nSPS) is 27.3. The van der Waals surface area contributed by atoms with Crippen LogP contribution in [-0.4, -0.2) is 16.2 Å². The van der Waals surface area contributed by atoms with Gasteiger partial charge in [0.05, 0.1) is 6.10 Å². The maximum atomic E-state index is 9.98. The average molecular weight is 205 g/mol. The Hall–Kier alpha value is -0.890. The summed E-state index contributed by atoms with van der Waals surface area (Å²) in [5.74, 6) is 0.419. The van der Waals surface area contributed by atoms with Crippen molar-refractivity contribution in [2.24, 2.45) is 5.92 Å². The van der Waals surface area contributed by atoms with Gasteiger partial charge in [-0.05, 0) is 37.3 Å². The van der Waals surface area contributed by atoms with Crippen LogP contribution >= 0.6 is 0 Å². The minimum atomic E-state index is -0.116. The van der Waals surface area contributed by atoms with E-state index in [4.69, 9.17) is 0 Å². The number of aromatic nitrogens is 1. The molecule has 0 amide bonds. The molecule has 0 bridgehead atoms. The van der Waals surface area contributed by atoms with Gasteiger partial charge in [0.2, 0.25) is 0 Å². The molecule has 1 aromatic heterocycles. The van der Waals surface area contributed by atoms with Crippen LogP contribution < -0.4 is 0 Å². The monoisotopic (exact) mass is 205 g/mol. The summed E-state index contributed by atoms with van der Waals surface area (Å²) >= 11 is 0. The van der Waals surface area contributed by atoms with Crippen LogP contribution in [0.1, 0.15) is 37.8 Å². The highest BCUT2D eigenvalue weighted by atomic mass is 16.3. The Morgan fingerprint density at radius 3 is 2.87 bits per heavy atom. The van der Waals surface area contributed by atoms with E-state index < -0.39 is 0 Å². The number of pyridine rings is 1. The van der Waals surface area contributed by atoms with Crippen LogP contribution in [0, 0.1) is 5.92 Å². The van der Waals surface area contributed by atoms with Crippen LogP contribution in [0.3, 0.4) is 0 Å². The van der Waals surface area contributed by atoms with Crippen molar-refractivity contribution in [3.05, 3.63) is 30.1 Å². The molecule has 15 heavy (non-hydrogen) atoms. The van der Waals surface area contributed by atoms with E-state index in [0.29, 0.717) is 5.92 Å². The van der Waals surface area contributed by atoms with E-state index in [2.05, 4.69) is 11.1 Å². The Labute approximate surface area is 91.4 Å². The fourth-order valence-electron chi connectivity index (χ4n) is 2.39. The first-order valence-electron chi connectivity index (χ1n) is 5.94. The summed E-state index contributed by atoms with van der Waals surface area (Å²) in [6, 6.07) is 6.01. The number of nitrogens with zero attached hydrogens (tertiary/aromatic N) is 1. The molecule has 0 spiro atoms. The molecule has 2 heteroatoms. The summed E-state index contributed by atoms with van der Waals surface area (Å²) in [4.78, 5) is 4.33. The molecule has 1 aliphatic rings. The summed E-state index contributed by atoms with van der Waals surface area (Å²) in [5.41, 5.74) is 1.11. The lowest BCUT2D eigenvalue weighted by Gasteiger charge is -2.19. The fraction of sp³-hybridized carbons (Fsp3) is 0.615. The standard InChI is InChI=1S/C13H19NO/c15-13-8-3-1-2-6-11(13)10-12-7-4-5-9-14-12/h4-5,7,9,11,13,15H,1-3,6,8,10H2. The first-order chi connectivity index (χ1) is 7.36. The molecular weight excluding hydrogens is 186 g/mol. The van der Waals surface area contributed by atoms with Crippen molar-refractivity contribution >= 4 is 0 Å². The number of hydrogen-bond acceptors (Lipinski definition) is 2. The third kappa shape index (κ3) is 3.03. The molecule has 1 aliphatic carbocycles. The lowest BCUT2D eigenvalue weighted by atomic mass is 9.92. The molecule has 0 aliphatic heterocycles. The zero-order chi connectivity index (χ0) is 10.5. The van der Waals surface area contributed by atoms with Gasteiger partial charge in [-0.1, -0.05) is 25.3 Å². The highest BCUT2D eigenvalue weighted by Crippen LogP contribution is 2.25. The van der Waals surface area contributed by atoms with Crippen molar-refractivity contribution in [3.8, 4) is 0 Å². The quantitative estimate of drug-likeness (QED) is 0.753. The number of aliphatic hydroxyl groups is 1. The molecule has 1 saturated carbocycles. The van der Waals surface area contributed by atoms with E-state index in [1.54, 1.807) is 0 Å². The molecule has 2 rings (SSSR count). The summed E-state index contributed by atoms with van der Waals surface area (Å²) < 4.78 is 0. The van der Waals surface area contributed by atoms with Crippen molar-refractivity contribution in [2.45, 2.75) is 44.6 Å². The first-order valence-corrected chi connectivity index (χ1v) is 5.94. The molecule has 2 nitrogen and oxygen atoms in total. The molecule has 0 saturated heterocycles. The highest BCUT2D eigenvalue weighted by molar-refractivity contribution is 5.04. The second-order valence-corrected chi connectivity index (χ2v) is 4.49. The highest BCUT2D eigenvalue weighted by Gasteiger charge is 2.21.